The van der Waals surface area contributed by atoms with Crippen molar-refractivity contribution in [3.05, 3.63) is 34.4 Å². The van der Waals surface area contributed by atoms with E-state index in [0.717, 1.165) is 6.07 Å². The van der Waals surface area contributed by atoms with Crippen LogP contribution in [0.3, 0.4) is 0 Å². The van der Waals surface area contributed by atoms with Gasteiger partial charge in [-0.3, -0.25) is 10.1 Å². The second-order valence-electron chi connectivity index (χ2n) is 4.30. The van der Waals surface area contributed by atoms with Gasteiger partial charge < -0.3 is 5.73 Å². The number of hydrogen-bond donors (Lipinski definition) is 2. The Labute approximate surface area is 104 Å². The number of non-ortho nitro benzene ring substituents is 1. The van der Waals surface area contributed by atoms with E-state index in [9.17, 15) is 18.5 Å². The maximum absolute atomic E-state index is 11.9. The molecule has 0 bridgehead atoms. The molecule has 98 valence electrons. The highest BCUT2D eigenvalue weighted by Crippen LogP contribution is 2.22. The molecule has 1 aliphatic carbocycles. The van der Waals surface area contributed by atoms with Gasteiger partial charge in [-0.2, -0.15) is 0 Å². The van der Waals surface area contributed by atoms with Crippen molar-refractivity contribution in [2.75, 3.05) is 0 Å². The first-order chi connectivity index (χ1) is 8.38. The summed E-state index contributed by atoms with van der Waals surface area (Å²) in [6.07, 6.45) is 1.18. The largest absolute Gasteiger partial charge is 0.328 e. The Bertz CT molecular complexity index is 566. The molecule has 0 aromatic heterocycles. The maximum Gasteiger partial charge on any atom is 0.270 e. The van der Waals surface area contributed by atoms with Crippen molar-refractivity contribution in [3.63, 3.8) is 0 Å². The lowest BCUT2D eigenvalue weighted by Gasteiger charge is -2.32. The molecular formula is C10H13N3O4S. The highest BCUT2D eigenvalue weighted by atomic mass is 32.2. The molecule has 7 nitrogen and oxygen atoms in total. The second-order valence-corrected chi connectivity index (χ2v) is 6.02. The molecular weight excluding hydrogens is 258 g/mol. The average molecular weight is 271 g/mol. The summed E-state index contributed by atoms with van der Waals surface area (Å²) < 4.78 is 26.4. The third-order valence-corrected chi connectivity index (χ3v) is 4.35. The van der Waals surface area contributed by atoms with Gasteiger partial charge in [-0.05, 0) is 18.9 Å². The third kappa shape index (κ3) is 2.66. The van der Waals surface area contributed by atoms with E-state index in [1.54, 1.807) is 0 Å². The lowest BCUT2D eigenvalue weighted by molar-refractivity contribution is -0.385. The number of nitro benzene ring substituents is 1. The zero-order chi connectivity index (χ0) is 13.3. The fourth-order valence-electron chi connectivity index (χ4n) is 1.81. The normalized spacial score (nSPS) is 23.4. The number of nitrogens with zero attached hydrogens (tertiary/aromatic N) is 1. The van der Waals surface area contributed by atoms with Crippen LogP contribution in [0.25, 0.3) is 0 Å². The minimum Gasteiger partial charge on any atom is -0.328 e. The van der Waals surface area contributed by atoms with Gasteiger partial charge in [-0.15, -0.1) is 0 Å². The van der Waals surface area contributed by atoms with Crippen LogP contribution >= 0.6 is 0 Å². The van der Waals surface area contributed by atoms with Gasteiger partial charge in [0.25, 0.3) is 5.69 Å². The Morgan fingerprint density at radius 3 is 2.61 bits per heavy atom. The molecule has 0 amide bonds. The average Bonchev–Trinajstić information content (AvgIpc) is 2.27. The number of sulfonamides is 1. The SMILES string of the molecule is NC1CC(NS(=O)(=O)c2cccc([N+](=O)[O-])c2)C1. The summed E-state index contributed by atoms with van der Waals surface area (Å²) in [5.74, 6) is 0. The van der Waals surface area contributed by atoms with Crippen molar-refractivity contribution < 1.29 is 13.3 Å². The second kappa shape index (κ2) is 4.63. The number of nitro groups is 1. The smallest absolute Gasteiger partial charge is 0.270 e. The van der Waals surface area contributed by atoms with Gasteiger partial charge in [0.15, 0.2) is 0 Å². The topological polar surface area (TPSA) is 115 Å². The summed E-state index contributed by atoms with van der Waals surface area (Å²) in [7, 11) is -3.71. The summed E-state index contributed by atoms with van der Waals surface area (Å²) in [5, 5.41) is 10.6. The highest BCUT2D eigenvalue weighted by molar-refractivity contribution is 7.89. The fraction of sp³-hybridized carbons (Fsp3) is 0.400. The molecule has 1 fully saturated rings. The summed E-state index contributed by atoms with van der Waals surface area (Å²) in [6, 6.07) is 4.82. The van der Waals surface area contributed by atoms with Crippen LogP contribution in [0.5, 0.6) is 0 Å². The zero-order valence-electron chi connectivity index (χ0n) is 9.44. The molecule has 0 aliphatic heterocycles. The Kier molecular flexibility index (Phi) is 3.33. The number of nitrogens with two attached hydrogens (primary N) is 1. The van der Waals surface area contributed by atoms with Crippen LogP contribution in [-0.2, 0) is 10.0 Å². The molecule has 8 heteroatoms. The van der Waals surface area contributed by atoms with Crippen molar-refractivity contribution in [1.29, 1.82) is 0 Å². The van der Waals surface area contributed by atoms with Gasteiger partial charge in [0.05, 0.1) is 9.82 Å². The molecule has 0 unspecified atom stereocenters. The van der Waals surface area contributed by atoms with Gasteiger partial charge in [0.2, 0.25) is 10.0 Å². The number of hydrogen-bond acceptors (Lipinski definition) is 5. The van der Waals surface area contributed by atoms with Crippen LogP contribution in [0, 0.1) is 10.1 Å². The highest BCUT2D eigenvalue weighted by Gasteiger charge is 2.30. The molecule has 1 aliphatic rings. The first-order valence-electron chi connectivity index (χ1n) is 5.41. The molecule has 3 N–H and O–H groups in total. The quantitative estimate of drug-likeness (QED) is 0.606. The molecule has 18 heavy (non-hydrogen) atoms. The standard InChI is InChI=1S/C10H13N3O4S/c11-7-4-8(5-7)12-18(16,17)10-3-1-2-9(6-10)13(14)15/h1-3,6-8,12H,4-5,11H2. The number of nitrogens with one attached hydrogen (secondary N) is 1. The molecule has 1 aromatic carbocycles. The van der Waals surface area contributed by atoms with E-state index < -0.39 is 14.9 Å². The van der Waals surface area contributed by atoms with Crippen LogP contribution in [0.15, 0.2) is 29.2 Å². The first-order valence-corrected chi connectivity index (χ1v) is 6.89. The van der Waals surface area contributed by atoms with E-state index in [2.05, 4.69) is 4.72 Å². The van der Waals surface area contributed by atoms with Crippen molar-refractivity contribution in [1.82, 2.24) is 4.72 Å². The van der Waals surface area contributed by atoms with Crippen LogP contribution in [0.4, 0.5) is 5.69 Å². The fourth-order valence-corrected chi connectivity index (χ4v) is 3.11. The van der Waals surface area contributed by atoms with Crippen LogP contribution < -0.4 is 10.5 Å². The number of rotatable bonds is 4. The predicted molar refractivity (Wildman–Crippen MR) is 64.4 cm³/mol. The minimum absolute atomic E-state index is 0.0304. The van der Waals surface area contributed by atoms with Gasteiger partial charge in [0.1, 0.15) is 0 Å². The van der Waals surface area contributed by atoms with Crippen molar-refractivity contribution in [3.8, 4) is 0 Å². The van der Waals surface area contributed by atoms with E-state index in [1.165, 1.54) is 18.2 Å². The van der Waals surface area contributed by atoms with Gasteiger partial charge in [-0.25, -0.2) is 13.1 Å². The lowest BCUT2D eigenvalue weighted by Crippen LogP contribution is -2.50. The van der Waals surface area contributed by atoms with E-state index in [-0.39, 0.29) is 22.7 Å². The van der Waals surface area contributed by atoms with Crippen LogP contribution in [-0.4, -0.2) is 25.4 Å². The molecule has 0 radical (unpaired) electrons. The van der Waals surface area contributed by atoms with Gasteiger partial charge >= 0.3 is 0 Å². The van der Waals surface area contributed by atoms with E-state index >= 15 is 0 Å². The Morgan fingerprint density at radius 2 is 2.06 bits per heavy atom. The maximum atomic E-state index is 11.9. The molecule has 1 aromatic rings. The van der Waals surface area contributed by atoms with Crippen LogP contribution in [0.1, 0.15) is 12.8 Å². The summed E-state index contributed by atoms with van der Waals surface area (Å²) in [5.41, 5.74) is 5.32. The lowest BCUT2D eigenvalue weighted by atomic mass is 9.89. The summed E-state index contributed by atoms with van der Waals surface area (Å²) in [6.45, 7) is 0. The van der Waals surface area contributed by atoms with Crippen LogP contribution in [0.2, 0.25) is 0 Å². The Hall–Kier alpha value is -1.51. The first kappa shape index (κ1) is 12.9. The van der Waals surface area contributed by atoms with Crippen molar-refractivity contribution in [2.24, 2.45) is 5.73 Å². The molecule has 0 spiro atoms. The monoisotopic (exact) mass is 271 g/mol. The molecule has 0 atom stereocenters. The van der Waals surface area contributed by atoms with E-state index in [1.807, 2.05) is 0 Å². The van der Waals surface area contributed by atoms with Gasteiger partial charge in [0, 0.05) is 24.2 Å². The Morgan fingerprint density at radius 1 is 1.39 bits per heavy atom. The van der Waals surface area contributed by atoms with E-state index in [0.29, 0.717) is 12.8 Å². The van der Waals surface area contributed by atoms with Crippen molar-refractivity contribution >= 4 is 15.7 Å². The van der Waals surface area contributed by atoms with E-state index in [4.69, 9.17) is 5.73 Å². The summed E-state index contributed by atoms with van der Waals surface area (Å²) >= 11 is 0. The minimum atomic E-state index is -3.71. The van der Waals surface area contributed by atoms with Gasteiger partial charge in [-0.1, -0.05) is 6.07 Å². The molecule has 0 saturated heterocycles. The zero-order valence-corrected chi connectivity index (χ0v) is 10.3. The summed E-state index contributed by atoms with van der Waals surface area (Å²) in [4.78, 5) is 9.86. The third-order valence-electron chi connectivity index (χ3n) is 2.84. The predicted octanol–water partition coefficient (Wildman–Crippen LogP) is 0.363. The number of benzene rings is 1. The van der Waals surface area contributed by atoms with Crippen molar-refractivity contribution in [2.45, 2.75) is 29.8 Å². The Balaban J connectivity index is 2.19. The molecule has 0 heterocycles. The molecule has 2 rings (SSSR count). The molecule has 1 saturated carbocycles.